The molecule has 0 spiro atoms. The van der Waals surface area contributed by atoms with Gasteiger partial charge in [0.15, 0.2) is 5.78 Å². The molecule has 1 saturated heterocycles. The van der Waals surface area contributed by atoms with Crippen LogP contribution in [0.2, 0.25) is 0 Å². The van der Waals surface area contributed by atoms with Crippen molar-refractivity contribution in [2.45, 2.75) is 60.1 Å². The van der Waals surface area contributed by atoms with E-state index in [0.717, 1.165) is 29.7 Å². The number of ketones is 1. The average Bonchev–Trinajstić information content (AvgIpc) is 3.40. The molecule has 1 aliphatic heterocycles. The van der Waals surface area contributed by atoms with Gasteiger partial charge in [-0.25, -0.2) is 9.59 Å². The largest absolute Gasteiger partial charge is 0.464 e. The minimum absolute atomic E-state index is 0.107. The van der Waals surface area contributed by atoms with Gasteiger partial charge in [-0.2, -0.15) is 0 Å². The molecular formula is C26H35N3O5. The molecule has 184 valence electrons. The molecule has 0 radical (unpaired) electrons. The molecule has 8 nitrogen and oxygen atoms in total. The smallest absolute Gasteiger partial charge is 0.354 e. The monoisotopic (exact) mass is 469 g/mol. The highest BCUT2D eigenvalue weighted by Crippen LogP contribution is 2.25. The lowest BCUT2D eigenvalue weighted by Crippen LogP contribution is -2.43. The molecule has 1 fully saturated rings. The van der Waals surface area contributed by atoms with Crippen LogP contribution in [0.25, 0.3) is 0 Å². The predicted molar refractivity (Wildman–Crippen MR) is 131 cm³/mol. The third-order valence-corrected chi connectivity index (χ3v) is 6.52. The van der Waals surface area contributed by atoms with Crippen molar-refractivity contribution in [3.8, 4) is 0 Å². The molecule has 8 heteroatoms. The van der Waals surface area contributed by atoms with Gasteiger partial charge in [0.05, 0.1) is 19.8 Å². The molecule has 2 heterocycles. The number of rotatable bonds is 8. The SMILES string of the molecule is CCn1c(C)c(C(=O)CN(CC2CCCO2)C(=O)Nc2c(C)cccc2C)c(C)c1C(=O)OC. The number of aromatic nitrogens is 1. The highest BCUT2D eigenvalue weighted by atomic mass is 16.5. The Bertz CT molecular complexity index is 1060. The van der Waals surface area contributed by atoms with E-state index in [0.29, 0.717) is 42.2 Å². The molecule has 1 aromatic heterocycles. The first-order chi connectivity index (χ1) is 16.2. The maximum atomic E-state index is 13.5. The summed E-state index contributed by atoms with van der Waals surface area (Å²) < 4.78 is 12.5. The van der Waals surface area contributed by atoms with Crippen LogP contribution in [0.1, 0.15) is 63.0 Å². The summed E-state index contributed by atoms with van der Waals surface area (Å²) in [5.74, 6) is -0.701. The van der Waals surface area contributed by atoms with Gasteiger partial charge < -0.3 is 24.3 Å². The predicted octanol–water partition coefficient (Wildman–Crippen LogP) is 4.42. The Morgan fingerprint density at radius 3 is 2.41 bits per heavy atom. The van der Waals surface area contributed by atoms with Gasteiger partial charge in [-0.3, -0.25) is 4.79 Å². The van der Waals surface area contributed by atoms with Gasteiger partial charge in [-0.1, -0.05) is 18.2 Å². The summed E-state index contributed by atoms with van der Waals surface area (Å²) in [6.45, 7) is 10.7. The van der Waals surface area contributed by atoms with Crippen molar-refractivity contribution in [3.05, 3.63) is 51.8 Å². The van der Waals surface area contributed by atoms with Gasteiger partial charge in [0.1, 0.15) is 5.69 Å². The first kappa shape index (κ1) is 25.5. The Balaban J connectivity index is 1.91. The summed E-state index contributed by atoms with van der Waals surface area (Å²) in [7, 11) is 1.33. The Kier molecular flexibility index (Phi) is 8.15. The van der Waals surface area contributed by atoms with Gasteiger partial charge in [-0.15, -0.1) is 0 Å². The number of nitrogens with one attached hydrogen (secondary N) is 1. The summed E-state index contributed by atoms with van der Waals surface area (Å²) in [4.78, 5) is 40.8. The van der Waals surface area contributed by atoms with Crippen molar-refractivity contribution >= 4 is 23.5 Å². The number of para-hydroxylation sites is 1. The van der Waals surface area contributed by atoms with Gasteiger partial charge in [0, 0.05) is 36.6 Å². The molecule has 1 atom stereocenters. The Hall–Kier alpha value is -3.13. The Labute approximate surface area is 201 Å². The number of esters is 1. The van der Waals surface area contributed by atoms with E-state index in [9.17, 15) is 14.4 Å². The fourth-order valence-electron chi connectivity index (χ4n) is 4.76. The number of urea groups is 1. The second kappa shape index (κ2) is 10.9. The fraction of sp³-hybridized carbons (Fsp3) is 0.500. The van der Waals surface area contributed by atoms with Crippen molar-refractivity contribution in [2.75, 3.05) is 32.1 Å². The van der Waals surface area contributed by atoms with Crippen LogP contribution in [0, 0.1) is 27.7 Å². The topological polar surface area (TPSA) is 89.9 Å². The number of ether oxygens (including phenoxy) is 2. The number of carbonyl (C=O) groups is 3. The highest BCUT2D eigenvalue weighted by Gasteiger charge is 2.30. The minimum Gasteiger partial charge on any atom is -0.464 e. The number of aryl methyl sites for hydroxylation is 2. The van der Waals surface area contributed by atoms with Crippen LogP contribution < -0.4 is 5.32 Å². The quantitative estimate of drug-likeness (QED) is 0.456. The second-order valence-electron chi connectivity index (χ2n) is 8.81. The molecule has 2 aromatic rings. The van der Waals surface area contributed by atoms with E-state index in [1.54, 1.807) is 11.5 Å². The second-order valence-corrected chi connectivity index (χ2v) is 8.81. The van der Waals surface area contributed by atoms with Gasteiger partial charge in [-0.05, 0) is 64.2 Å². The van der Waals surface area contributed by atoms with Crippen LogP contribution in [0.5, 0.6) is 0 Å². The number of carbonyl (C=O) groups excluding carboxylic acids is 3. The lowest BCUT2D eigenvalue weighted by Gasteiger charge is -2.26. The van der Waals surface area contributed by atoms with Crippen molar-refractivity contribution in [1.29, 1.82) is 0 Å². The van der Waals surface area contributed by atoms with Crippen LogP contribution in [0.4, 0.5) is 10.5 Å². The maximum absolute atomic E-state index is 13.5. The van der Waals surface area contributed by atoms with E-state index in [1.165, 1.54) is 12.0 Å². The standard InChI is InChI=1S/C26H35N3O5/c1-7-29-19(5)22(18(4)24(29)25(31)33-6)21(30)15-28(14-20-12-9-13-34-20)26(32)27-23-16(2)10-8-11-17(23)3/h8,10-11,20H,7,9,12-15H2,1-6H3,(H,27,32). The molecule has 0 saturated carbocycles. The summed E-state index contributed by atoms with van der Waals surface area (Å²) >= 11 is 0. The fourth-order valence-corrected chi connectivity index (χ4v) is 4.76. The number of hydrogen-bond donors (Lipinski definition) is 1. The van der Waals surface area contributed by atoms with E-state index in [4.69, 9.17) is 9.47 Å². The normalized spacial score (nSPS) is 15.3. The molecular weight excluding hydrogens is 434 g/mol. The Morgan fingerprint density at radius 1 is 1.18 bits per heavy atom. The molecule has 1 N–H and O–H groups in total. The van der Waals surface area contributed by atoms with E-state index in [1.807, 2.05) is 45.9 Å². The lowest BCUT2D eigenvalue weighted by molar-refractivity contribution is 0.0587. The van der Waals surface area contributed by atoms with Crippen molar-refractivity contribution in [2.24, 2.45) is 0 Å². The molecule has 1 aliphatic rings. The van der Waals surface area contributed by atoms with Crippen LogP contribution in [-0.4, -0.2) is 60.2 Å². The van der Waals surface area contributed by atoms with Crippen LogP contribution in [-0.2, 0) is 16.0 Å². The Morgan fingerprint density at radius 2 is 1.85 bits per heavy atom. The number of Topliss-reactive ketones (excluding diaryl/α,β-unsaturated/α-hetero) is 1. The number of methoxy groups -OCH3 is 1. The van der Waals surface area contributed by atoms with Crippen LogP contribution in [0.15, 0.2) is 18.2 Å². The molecule has 3 rings (SSSR count). The maximum Gasteiger partial charge on any atom is 0.354 e. The summed E-state index contributed by atoms with van der Waals surface area (Å²) in [6, 6.07) is 5.47. The van der Waals surface area contributed by atoms with Crippen molar-refractivity contribution < 1.29 is 23.9 Å². The summed E-state index contributed by atoms with van der Waals surface area (Å²) in [5, 5.41) is 2.99. The minimum atomic E-state index is -0.481. The van der Waals surface area contributed by atoms with Gasteiger partial charge >= 0.3 is 12.0 Å². The molecule has 34 heavy (non-hydrogen) atoms. The number of amides is 2. The van der Waals surface area contributed by atoms with E-state index in [2.05, 4.69) is 5.32 Å². The van der Waals surface area contributed by atoms with E-state index >= 15 is 0 Å². The van der Waals surface area contributed by atoms with Crippen molar-refractivity contribution in [3.63, 3.8) is 0 Å². The third kappa shape index (κ3) is 5.17. The van der Waals surface area contributed by atoms with E-state index < -0.39 is 5.97 Å². The summed E-state index contributed by atoms with van der Waals surface area (Å²) in [6.07, 6.45) is 1.67. The highest BCUT2D eigenvalue weighted by molar-refractivity contribution is 6.05. The zero-order valence-electron chi connectivity index (χ0n) is 21.0. The van der Waals surface area contributed by atoms with Gasteiger partial charge in [0.25, 0.3) is 0 Å². The van der Waals surface area contributed by atoms with Crippen molar-refractivity contribution in [1.82, 2.24) is 9.47 Å². The molecule has 0 aliphatic carbocycles. The van der Waals surface area contributed by atoms with E-state index in [-0.39, 0.29) is 24.5 Å². The lowest BCUT2D eigenvalue weighted by atomic mass is 10.0. The zero-order chi connectivity index (χ0) is 25.0. The number of anilines is 1. The molecule has 1 aromatic carbocycles. The molecule has 0 bridgehead atoms. The zero-order valence-corrected chi connectivity index (χ0v) is 21.0. The first-order valence-corrected chi connectivity index (χ1v) is 11.7. The van der Waals surface area contributed by atoms with Gasteiger partial charge in [0.2, 0.25) is 0 Å². The molecule has 2 amide bonds. The third-order valence-electron chi connectivity index (χ3n) is 6.52. The molecule has 1 unspecified atom stereocenters. The van der Waals surface area contributed by atoms with Crippen LogP contribution >= 0.6 is 0 Å². The first-order valence-electron chi connectivity index (χ1n) is 11.7. The summed E-state index contributed by atoms with van der Waals surface area (Å²) in [5.41, 5.74) is 4.74. The number of benzene rings is 1. The number of nitrogens with zero attached hydrogens (tertiary/aromatic N) is 2. The van der Waals surface area contributed by atoms with Crippen LogP contribution in [0.3, 0.4) is 0 Å². The average molecular weight is 470 g/mol. The number of hydrogen-bond acceptors (Lipinski definition) is 5.